The zero-order valence-electron chi connectivity index (χ0n) is 16.8. The summed E-state index contributed by atoms with van der Waals surface area (Å²) in [6, 6.07) is 11.6. The molecule has 154 valence electrons. The highest BCUT2D eigenvalue weighted by molar-refractivity contribution is 5.98. The molecule has 0 spiro atoms. The molecule has 0 saturated carbocycles. The van der Waals surface area contributed by atoms with Gasteiger partial charge in [0.05, 0.1) is 5.52 Å². The van der Waals surface area contributed by atoms with Crippen molar-refractivity contribution in [2.24, 2.45) is 0 Å². The van der Waals surface area contributed by atoms with Gasteiger partial charge in [-0.3, -0.25) is 9.78 Å². The summed E-state index contributed by atoms with van der Waals surface area (Å²) in [6.45, 7) is 3.15. The normalized spacial score (nSPS) is 19.9. The van der Waals surface area contributed by atoms with E-state index in [4.69, 9.17) is 9.72 Å². The van der Waals surface area contributed by atoms with E-state index in [0.29, 0.717) is 11.5 Å². The highest BCUT2D eigenvalue weighted by Crippen LogP contribution is 2.27. The summed E-state index contributed by atoms with van der Waals surface area (Å²) in [5, 5.41) is 4.13. The van der Waals surface area contributed by atoms with Gasteiger partial charge in [0.1, 0.15) is 0 Å². The number of anilines is 1. The second-order valence-corrected chi connectivity index (χ2v) is 7.98. The number of hydrogen-bond acceptors (Lipinski definition) is 6. The van der Waals surface area contributed by atoms with Crippen LogP contribution in [-0.2, 0) is 4.74 Å². The topological polar surface area (TPSA) is 80.2 Å². The number of pyridine rings is 1. The first kappa shape index (κ1) is 18.9. The Bertz CT molecular complexity index is 1050. The van der Waals surface area contributed by atoms with Gasteiger partial charge in [0.2, 0.25) is 5.95 Å². The molecule has 7 heteroatoms. The van der Waals surface area contributed by atoms with Crippen LogP contribution in [0.15, 0.2) is 48.8 Å². The number of ether oxygens (including phenoxy) is 1. The zero-order valence-corrected chi connectivity index (χ0v) is 16.8. The van der Waals surface area contributed by atoms with Crippen LogP contribution < -0.4 is 10.2 Å². The Morgan fingerprint density at radius 2 is 1.97 bits per heavy atom. The number of benzene rings is 1. The fourth-order valence-electron chi connectivity index (χ4n) is 4.28. The molecule has 1 amide bonds. The molecular formula is C23H25N5O2. The minimum atomic E-state index is -0.0514. The van der Waals surface area contributed by atoms with Crippen molar-refractivity contribution >= 4 is 22.8 Å². The van der Waals surface area contributed by atoms with Crippen molar-refractivity contribution < 1.29 is 9.53 Å². The van der Waals surface area contributed by atoms with Crippen LogP contribution in [0.1, 0.15) is 41.2 Å². The van der Waals surface area contributed by atoms with Crippen LogP contribution >= 0.6 is 0 Å². The van der Waals surface area contributed by atoms with Crippen molar-refractivity contribution in [3.05, 3.63) is 60.0 Å². The average molecular weight is 403 g/mol. The number of rotatable bonds is 4. The number of fused-ring (bicyclic) bond motifs is 1. The number of carbonyl (C=O) groups is 1. The van der Waals surface area contributed by atoms with Gasteiger partial charge in [-0.1, -0.05) is 6.07 Å². The largest absolute Gasteiger partial charge is 0.381 e. The predicted molar refractivity (Wildman–Crippen MR) is 115 cm³/mol. The number of hydrogen-bond donors (Lipinski definition) is 1. The number of amides is 1. The molecule has 4 heterocycles. The van der Waals surface area contributed by atoms with E-state index in [1.165, 1.54) is 0 Å². The predicted octanol–water partition coefficient (Wildman–Crippen LogP) is 2.93. The molecule has 1 atom stereocenters. The van der Waals surface area contributed by atoms with Gasteiger partial charge in [-0.15, -0.1) is 0 Å². The van der Waals surface area contributed by atoms with Crippen molar-refractivity contribution in [3.8, 4) is 0 Å². The zero-order chi connectivity index (χ0) is 20.3. The average Bonchev–Trinajstić information content (AvgIpc) is 3.28. The molecule has 1 N–H and O–H groups in total. The van der Waals surface area contributed by atoms with E-state index < -0.39 is 0 Å². The Morgan fingerprint density at radius 3 is 2.87 bits per heavy atom. The number of nitrogens with one attached hydrogen (secondary N) is 1. The van der Waals surface area contributed by atoms with E-state index in [9.17, 15) is 4.79 Å². The van der Waals surface area contributed by atoms with Gasteiger partial charge in [0.15, 0.2) is 0 Å². The van der Waals surface area contributed by atoms with E-state index in [1.807, 2.05) is 42.6 Å². The molecule has 1 unspecified atom stereocenters. The first-order valence-corrected chi connectivity index (χ1v) is 10.6. The molecule has 30 heavy (non-hydrogen) atoms. The molecule has 2 aromatic heterocycles. The summed E-state index contributed by atoms with van der Waals surface area (Å²) < 4.78 is 5.46. The summed E-state index contributed by atoms with van der Waals surface area (Å²) in [5.74, 6) is 1.15. The second-order valence-electron chi connectivity index (χ2n) is 7.98. The Hall–Kier alpha value is -3.06. The van der Waals surface area contributed by atoms with Crippen LogP contribution in [0.2, 0.25) is 0 Å². The second kappa shape index (κ2) is 8.36. The summed E-state index contributed by atoms with van der Waals surface area (Å²) in [6.07, 6.45) is 6.51. The SMILES string of the molecule is O=C(NC1CCN(c2nccc(C3CCOCC3)n2)C1)c1ccc2ncccc2c1. The van der Waals surface area contributed by atoms with Crippen molar-refractivity contribution in [2.45, 2.75) is 31.2 Å². The van der Waals surface area contributed by atoms with Crippen LogP contribution in [0, 0.1) is 0 Å². The quantitative estimate of drug-likeness (QED) is 0.722. The van der Waals surface area contributed by atoms with E-state index in [-0.39, 0.29) is 11.9 Å². The van der Waals surface area contributed by atoms with Crippen molar-refractivity contribution in [3.63, 3.8) is 0 Å². The van der Waals surface area contributed by atoms with Crippen molar-refractivity contribution in [1.29, 1.82) is 0 Å². The van der Waals surface area contributed by atoms with Crippen molar-refractivity contribution in [1.82, 2.24) is 20.3 Å². The Kier molecular flexibility index (Phi) is 5.27. The van der Waals surface area contributed by atoms with Gasteiger partial charge in [0.25, 0.3) is 5.91 Å². The molecule has 2 aliphatic heterocycles. The smallest absolute Gasteiger partial charge is 0.251 e. The van der Waals surface area contributed by atoms with E-state index in [2.05, 4.69) is 20.2 Å². The maximum absolute atomic E-state index is 12.8. The number of nitrogens with zero attached hydrogens (tertiary/aromatic N) is 4. The molecule has 0 radical (unpaired) electrons. The molecular weight excluding hydrogens is 378 g/mol. The molecule has 2 aliphatic rings. The third kappa shape index (κ3) is 3.98. The van der Waals surface area contributed by atoms with Gasteiger partial charge in [0, 0.05) is 67.3 Å². The lowest BCUT2D eigenvalue weighted by molar-refractivity contribution is 0.0845. The van der Waals surface area contributed by atoms with Crippen LogP contribution in [0.25, 0.3) is 10.9 Å². The fourth-order valence-corrected chi connectivity index (χ4v) is 4.28. The summed E-state index contributed by atoms with van der Waals surface area (Å²) in [5.41, 5.74) is 2.65. The van der Waals surface area contributed by atoms with E-state index >= 15 is 0 Å². The van der Waals surface area contributed by atoms with E-state index in [0.717, 1.165) is 68.1 Å². The Morgan fingerprint density at radius 1 is 1.07 bits per heavy atom. The van der Waals surface area contributed by atoms with Gasteiger partial charge in [-0.25, -0.2) is 9.97 Å². The monoisotopic (exact) mass is 403 g/mol. The van der Waals surface area contributed by atoms with Gasteiger partial charge >= 0.3 is 0 Å². The van der Waals surface area contributed by atoms with Gasteiger partial charge in [-0.2, -0.15) is 0 Å². The standard InChI is InChI=1S/C23H25N5O2/c29-22(18-3-4-20-17(14-18)2-1-9-24-20)26-19-6-11-28(15-19)23-25-10-5-21(27-23)16-7-12-30-13-8-16/h1-5,9-10,14,16,19H,6-8,11-13,15H2,(H,26,29). The minimum Gasteiger partial charge on any atom is -0.381 e. The molecule has 0 bridgehead atoms. The highest BCUT2D eigenvalue weighted by Gasteiger charge is 2.27. The van der Waals surface area contributed by atoms with Crippen LogP contribution in [0.4, 0.5) is 5.95 Å². The molecule has 1 aromatic carbocycles. The van der Waals surface area contributed by atoms with Crippen LogP contribution in [0.5, 0.6) is 0 Å². The molecule has 5 rings (SSSR count). The lowest BCUT2D eigenvalue weighted by Gasteiger charge is -2.23. The lowest BCUT2D eigenvalue weighted by Crippen LogP contribution is -2.37. The third-order valence-electron chi connectivity index (χ3n) is 5.98. The fraction of sp³-hybridized carbons (Fsp3) is 0.391. The summed E-state index contributed by atoms with van der Waals surface area (Å²) >= 11 is 0. The number of carbonyl (C=O) groups excluding carboxylic acids is 1. The molecule has 3 aromatic rings. The third-order valence-corrected chi connectivity index (χ3v) is 5.98. The molecule has 2 saturated heterocycles. The molecule has 0 aliphatic carbocycles. The van der Waals surface area contributed by atoms with E-state index in [1.54, 1.807) is 6.20 Å². The first-order chi connectivity index (χ1) is 14.8. The molecule has 2 fully saturated rings. The lowest BCUT2D eigenvalue weighted by atomic mass is 9.96. The first-order valence-electron chi connectivity index (χ1n) is 10.6. The van der Waals surface area contributed by atoms with Crippen LogP contribution in [-0.4, -0.2) is 53.2 Å². The van der Waals surface area contributed by atoms with Gasteiger partial charge in [-0.05, 0) is 49.6 Å². The maximum Gasteiger partial charge on any atom is 0.251 e. The summed E-state index contributed by atoms with van der Waals surface area (Å²) in [7, 11) is 0. The summed E-state index contributed by atoms with van der Waals surface area (Å²) in [4.78, 5) is 28.5. The minimum absolute atomic E-state index is 0.0514. The maximum atomic E-state index is 12.8. The Balaban J connectivity index is 1.24. The van der Waals surface area contributed by atoms with Gasteiger partial charge < -0.3 is 15.0 Å². The molecule has 7 nitrogen and oxygen atoms in total. The number of aromatic nitrogens is 3. The highest BCUT2D eigenvalue weighted by atomic mass is 16.5. The van der Waals surface area contributed by atoms with Crippen molar-refractivity contribution in [2.75, 3.05) is 31.2 Å². The Labute approximate surface area is 175 Å². The van der Waals surface area contributed by atoms with Crippen LogP contribution in [0.3, 0.4) is 0 Å².